The molecular formula is C12H18N2O2. The third kappa shape index (κ3) is 2.58. The molecule has 2 rings (SSSR count). The van der Waals surface area contributed by atoms with Crippen molar-refractivity contribution in [3.8, 4) is 0 Å². The molecule has 1 heterocycles. The number of rotatable bonds is 5. The first-order chi connectivity index (χ1) is 7.81. The van der Waals surface area contributed by atoms with Crippen LogP contribution in [0.3, 0.4) is 0 Å². The zero-order valence-electron chi connectivity index (χ0n) is 9.47. The van der Waals surface area contributed by atoms with Gasteiger partial charge in [-0.2, -0.15) is 0 Å². The van der Waals surface area contributed by atoms with Gasteiger partial charge in [-0.15, -0.1) is 0 Å². The van der Waals surface area contributed by atoms with Crippen LogP contribution < -0.4 is 5.32 Å². The Morgan fingerprint density at radius 2 is 2.50 bits per heavy atom. The molecule has 2 N–H and O–H groups in total. The van der Waals surface area contributed by atoms with E-state index < -0.39 is 0 Å². The van der Waals surface area contributed by atoms with E-state index >= 15 is 0 Å². The van der Waals surface area contributed by atoms with Gasteiger partial charge in [0.15, 0.2) is 0 Å². The predicted molar refractivity (Wildman–Crippen MR) is 61.0 cm³/mol. The monoisotopic (exact) mass is 222 g/mol. The quantitative estimate of drug-likeness (QED) is 0.776. The van der Waals surface area contributed by atoms with Gasteiger partial charge in [0.25, 0.3) is 0 Å². The highest BCUT2D eigenvalue weighted by Gasteiger charge is 2.30. The Bertz CT molecular complexity index is 318. The summed E-state index contributed by atoms with van der Waals surface area (Å²) < 4.78 is 5.19. The second-order valence-corrected chi connectivity index (χ2v) is 4.21. The lowest BCUT2D eigenvalue weighted by Gasteiger charge is -2.36. The first kappa shape index (κ1) is 11.5. The average molecular weight is 222 g/mol. The lowest BCUT2D eigenvalue weighted by molar-refractivity contribution is 0.0356. The molecule has 0 radical (unpaired) electrons. The predicted octanol–water partition coefficient (Wildman–Crippen LogP) is 0.882. The van der Waals surface area contributed by atoms with Gasteiger partial charge in [-0.25, -0.2) is 0 Å². The van der Waals surface area contributed by atoms with Gasteiger partial charge in [0.05, 0.1) is 18.8 Å². The maximum atomic E-state index is 9.55. The summed E-state index contributed by atoms with van der Waals surface area (Å²) in [5.74, 6) is 0. The molecule has 4 nitrogen and oxygen atoms in total. The highest BCUT2D eigenvalue weighted by atomic mass is 16.5. The lowest BCUT2D eigenvalue weighted by Crippen LogP contribution is -2.49. The maximum Gasteiger partial charge on any atom is 0.0694 e. The fourth-order valence-electron chi connectivity index (χ4n) is 1.92. The number of methoxy groups -OCH3 is 1. The Morgan fingerprint density at radius 3 is 3.00 bits per heavy atom. The van der Waals surface area contributed by atoms with E-state index in [4.69, 9.17) is 4.74 Å². The molecule has 3 atom stereocenters. The zero-order valence-corrected chi connectivity index (χ0v) is 9.47. The van der Waals surface area contributed by atoms with E-state index in [1.165, 1.54) is 0 Å². The van der Waals surface area contributed by atoms with Crippen molar-refractivity contribution in [3.63, 3.8) is 0 Å². The summed E-state index contributed by atoms with van der Waals surface area (Å²) in [6.45, 7) is 0.592. The molecule has 0 saturated heterocycles. The molecule has 4 heteroatoms. The van der Waals surface area contributed by atoms with Crippen LogP contribution in [0.5, 0.6) is 0 Å². The topological polar surface area (TPSA) is 54.4 Å². The molecule has 0 aliphatic heterocycles. The van der Waals surface area contributed by atoms with Gasteiger partial charge < -0.3 is 15.2 Å². The van der Waals surface area contributed by atoms with Crippen LogP contribution in [-0.4, -0.2) is 36.0 Å². The van der Waals surface area contributed by atoms with E-state index in [0.717, 1.165) is 18.4 Å². The van der Waals surface area contributed by atoms with Gasteiger partial charge in [0.2, 0.25) is 0 Å². The van der Waals surface area contributed by atoms with Crippen molar-refractivity contribution in [2.24, 2.45) is 0 Å². The fraction of sp³-hybridized carbons (Fsp3) is 0.583. The van der Waals surface area contributed by atoms with E-state index in [-0.39, 0.29) is 18.2 Å². The zero-order chi connectivity index (χ0) is 11.4. The summed E-state index contributed by atoms with van der Waals surface area (Å²) in [4.78, 5) is 4.10. The molecule has 0 spiro atoms. The lowest BCUT2D eigenvalue weighted by atomic mass is 9.88. The van der Waals surface area contributed by atoms with Gasteiger partial charge in [0, 0.05) is 25.5 Å². The number of hydrogen-bond donors (Lipinski definition) is 2. The third-order valence-corrected chi connectivity index (χ3v) is 3.07. The van der Waals surface area contributed by atoms with E-state index in [2.05, 4.69) is 10.3 Å². The van der Waals surface area contributed by atoms with Crippen LogP contribution in [0.2, 0.25) is 0 Å². The van der Waals surface area contributed by atoms with Crippen molar-refractivity contribution in [2.75, 3.05) is 13.7 Å². The van der Waals surface area contributed by atoms with Crippen molar-refractivity contribution in [3.05, 3.63) is 30.1 Å². The van der Waals surface area contributed by atoms with Crippen molar-refractivity contribution in [2.45, 2.75) is 31.0 Å². The molecule has 2 unspecified atom stereocenters. The Balaban J connectivity index is 1.99. The molecule has 0 bridgehead atoms. The molecule has 1 aromatic rings. The van der Waals surface area contributed by atoms with Crippen molar-refractivity contribution >= 4 is 0 Å². The van der Waals surface area contributed by atoms with Gasteiger partial charge in [-0.3, -0.25) is 4.98 Å². The highest BCUT2D eigenvalue weighted by Crippen LogP contribution is 2.23. The third-order valence-electron chi connectivity index (χ3n) is 3.07. The summed E-state index contributed by atoms with van der Waals surface area (Å²) in [5, 5.41) is 13.0. The Kier molecular flexibility index (Phi) is 3.88. The summed E-state index contributed by atoms with van der Waals surface area (Å²) in [5.41, 5.74) is 1.10. The largest absolute Gasteiger partial charge is 0.392 e. The van der Waals surface area contributed by atoms with Crippen LogP contribution in [0.1, 0.15) is 24.4 Å². The van der Waals surface area contributed by atoms with Crippen LogP contribution in [0.25, 0.3) is 0 Å². The number of hydrogen-bond acceptors (Lipinski definition) is 4. The summed E-state index contributed by atoms with van der Waals surface area (Å²) in [6, 6.07) is 4.24. The van der Waals surface area contributed by atoms with E-state index in [1.54, 1.807) is 13.3 Å². The minimum Gasteiger partial charge on any atom is -0.392 e. The number of nitrogens with one attached hydrogen (secondary N) is 1. The molecule has 16 heavy (non-hydrogen) atoms. The van der Waals surface area contributed by atoms with E-state index in [0.29, 0.717) is 6.61 Å². The van der Waals surface area contributed by atoms with E-state index in [1.807, 2.05) is 18.3 Å². The minimum atomic E-state index is -0.212. The smallest absolute Gasteiger partial charge is 0.0694 e. The highest BCUT2D eigenvalue weighted by molar-refractivity contribution is 5.14. The average Bonchev–Trinajstić information content (AvgIpc) is 2.33. The standard InChI is InChI=1S/C12H18N2O2/c1-16-8-11(9-3-2-6-13-7-9)14-10-4-5-12(10)15/h2-3,6-7,10-12,14-15H,4-5,8H2,1H3/t10?,11?,12-/m0/s1. The first-order valence-corrected chi connectivity index (χ1v) is 5.64. The van der Waals surface area contributed by atoms with Crippen molar-refractivity contribution < 1.29 is 9.84 Å². The molecule has 88 valence electrons. The summed E-state index contributed by atoms with van der Waals surface area (Å²) >= 11 is 0. The molecule has 0 aromatic carbocycles. The van der Waals surface area contributed by atoms with Crippen LogP contribution in [0.15, 0.2) is 24.5 Å². The molecule has 1 aliphatic rings. The Labute approximate surface area is 95.7 Å². The van der Waals surface area contributed by atoms with Crippen LogP contribution in [0, 0.1) is 0 Å². The second kappa shape index (κ2) is 5.39. The van der Waals surface area contributed by atoms with E-state index in [9.17, 15) is 5.11 Å². The first-order valence-electron chi connectivity index (χ1n) is 5.64. The Morgan fingerprint density at radius 1 is 1.62 bits per heavy atom. The Hall–Kier alpha value is -0.970. The molecule has 1 fully saturated rings. The van der Waals surface area contributed by atoms with Gasteiger partial charge >= 0.3 is 0 Å². The normalized spacial score (nSPS) is 26.1. The SMILES string of the molecule is COCC(NC1CC[C@@H]1O)c1cccnc1. The van der Waals surface area contributed by atoms with Gasteiger partial charge in [-0.1, -0.05) is 6.07 Å². The maximum absolute atomic E-state index is 9.55. The number of aliphatic hydroxyl groups is 1. The number of aromatic nitrogens is 1. The van der Waals surface area contributed by atoms with Gasteiger partial charge in [-0.05, 0) is 24.5 Å². The number of aliphatic hydroxyl groups excluding tert-OH is 1. The number of ether oxygens (including phenoxy) is 1. The molecule has 1 aromatic heterocycles. The summed E-state index contributed by atoms with van der Waals surface area (Å²) in [6.07, 6.45) is 5.30. The number of nitrogens with zero attached hydrogens (tertiary/aromatic N) is 1. The summed E-state index contributed by atoms with van der Waals surface area (Å²) in [7, 11) is 1.68. The van der Waals surface area contributed by atoms with Crippen LogP contribution >= 0.6 is 0 Å². The van der Waals surface area contributed by atoms with Crippen molar-refractivity contribution in [1.82, 2.24) is 10.3 Å². The molecular weight excluding hydrogens is 204 g/mol. The molecule has 1 aliphatic carbocycles. The van der Waals surface area contributed by atoms with Crippen LogP contribution in [-0.2, 0) is 4.74 Å². The van der Waals surface area contributed by atoms with Gasteiger partial charge in [0.1, 0.15) is 0 Å². The second-order valence-electron chi connectivity index (χ2n) is 4.21. The van der Waals surface area contributed by atoms with Crippen LogP contribution in [0.4, 0.5) is 0 Å². The molecule has 0 amide bonds. The van der Waals surface area contributed by atoms with Crippen molar-refractivity contribution in [1.29, 1.82) is 0 Å². The fourth-order valence-corrected chi connectivity index (χ4v) is 1.92. The minimum absolute atomic E-state index is 0.110. The number of pyridine rings is 1. The molecule has 1 saturated carbocycles.